The Morgan fingerprint density at radius 1 is 1.53 bits per heavy atom. The summed E-state index contributed by atoms with van der Waals surface area (Å²) >= 11 is 0. The quantitative estimate of drug-likeness (QED) is 0.835. The van der Waals surface area contributed by atoms with Gasteiger partial charge in [0.25, 0.3) is 5.91 Å². The van der Waals surface area contributed by atoms with Gasteiger partial charge in [0.15, 0.2) is 0 Å². The molecule has 1 aromatic rings. The first-order chi connectivity index (χ1) is 7.91. The van der Waals surface area contributed by atoms with E-state index in [1.54, 1.807) is 18.3 Å². The Hall–Kier alpha value is -1.42. The van der Waals surface area contributed by atoms with Crippen molar-refractivity contribution in [3.63, 3.8) is 0 Å². The van der Waals surface area contributed by atoms with Crippen molar-refractivity contribution in [2.75, 3.05) is 6.54 Å². The molecule has 0 aliphatic carbocycles. The number of carbonyl (C=O) groups is 1. The van der Waals surface area contributed by atoms with E-state index in [1.807, 2.05) is 20.8 Å². The number of aliphatic hydroxyl groups is 1. The molecule has 1 heterocycles. The van der Waals surface area contributed by atoms with Crippen LogP contribution < -0.4 is 5.32 Å². The Bertz CT molecular complexity index is 357. The molecule has 1 amide bonds. The minimum absolute atomic E-state index is 0.154. The van der Waals surface area contributed by atoms with Gasteiger partial charge in [-0.3, -0.25) is 9.78 Å². The Kier molecular flexibility index (Phi) is 4.63. The lowest BCUT2D eigenvalue weighted by atomic mass is 9.87. The molecule has 1 rings (SSSR count). The second-order valence-corrected chi connectivity index (χ2v) is 5.17. The summed E-state index contributed by atoms with van der Waals surface area (Å²) in [4.78, 5) is 15.5. The largest absolute Gasteiger partial charge is 0.393 e. The van der Waals surface area contributed by atoms with Crippen LogP contribution in [0.25, 0.3) is 0 Å². The maximum absolute atomic E-state index is 11.6. The number of rotatable bonds is 4. The average molecular weight is 236 g/mol. The molecule has 0 radical (unpaired) electrons. The van der Waals surface area contributed by atoms with Gasteiger partial charge in [0.05, 0.1) is 11.7 Å². The molecular formula is C13H20N2O2. The topological polar surface area (TPSA) is 62.2 Å². The van der Waals surface area contributed by atoms with Crippen molar-refractivity contribution in [1.29, 1.82) is 0 Å². The van der Waals surface area contributed by atoms with E-state index < -0.39 is 6.10 Å². The van der Waals surface area contributed by atoms with Crippen LogP contribution in [0.3, 0.4) is 0 Å². The summed E-state index contributed by atoms with van der Waals surface area (Å²) in [5.74, 6) is -0.154. The molecule has 4 heteroatoms. The summed E-state index contributed by atoms with van der Waals surface area (Å²) in [5, 5.41) is 12.6. The van der Waals surface area contributed by atoms with Crippen molar-refractivity contribution in [3.05, 3.63) is 30.1 Å². The fraction of sp³-hybridized carbons (Fsp3) is 0.538. The van der Waals surface area contributed by atoms with E-state index in [-0.39, 0.29) is 11.3 Å². The second kappa shape index (κ2) is 5.77. The molecule has 4 nitrogen and oxygen atoms in total. The van der Waals surface area contributed by atoms with Crippen LogP contribution in [0.1, 0.15) is 37.6 Å². The fourth-order valence-corrected chi connectivity index (χ4v) is 1.35. The molecule has 17 heavy (non-hydrogen) atoms. The highest BCUT2D eigenvalue weighted by Crippen LogP contribution is 2.20. The highest BCUT2D eigenvalue weighted by atomic mass is 16.3. The van der Waals surface area contributed by atoms with Crippen molar-refractivity contribution < 1.29 is 9.90 Å². The van der Waals surface area contributed by atoms with E-state index in [0.717, 1.165) is 0 Å². The van der Waals surface area contributed by atoms with Crippen LogP contribution in [-0.2, 0) is 0 Å². The third-order valence-corrected chi connectivity index (χ3v) is 2.63. The number of pyridine rings is 1. The Balaban J connectivity index is 2.35. The number of amides is 1. The van der Waals surface area contributed by atoms with Gasteiger partial charge in [-0.15, -0.1) is 0 Å². The number of nitrogens with zero attached hydrogens (tertiary/aromatic N) is 1. The van der Waals surface area contributed by atoms with Gasteiger partial charge < -0.3 is 10.4 Å². The lowest BCUT2D eigenvalue weighted by Crippen LogP contribution is -2.32. The standard InChI is InChI=1S/C13H20N2O2/c1-13(2,3)11(16)6-8-15-12(17)10-5-4-7-14-9-10/h4-5,7,9,11,16H,6,8H2,1-3H3,(H,15,17). The normalized spacial score (nSPS) is 13.2. The Morgan fingerprint density at radius 2 is 2.24 bits per heavy atom. The van der Waals surface area contributed by atoms with Crippen LogP contribution in [-0.4, -0.2) is 28.6 Å². The fourth-order valence-electron chi connectivity index (χ4n) is 1.35. The first kappa shape index (κ1) is 13.6. The van der Waals surface area contributed by atoms with Crippen molar-refractivity contribution >= 4 is 5.91 Å². The predicted octanol–water partition coefficient (Wildman–Crippen LogP) is 1.61. The van der Waals surface area contributed by atoms with Gasteiger partial charge in [0.1, 0.15) is 0 Å². The molecule has 1 unspecified atom stereocenters. The van der Waals surface area contributed by atoms with Gasteiger partial charge in [-0.05, 0) is 24.0 Å². The van der Waals surface area contributed by atoms with E-state index in [9.17, 15) is 9.90 Å². The molecule has 94 valence electrons. The van der Waals surface area contributed by atoms with Gasteiger partial charge in [0, 0.05) is 18.9 Å². The number of nitrogens with one attached hydrogen (secondary N) is 1. The first-order valence-electron chi connectivity index (χ1n) is 5.77. The van der Waals surface area contributed by atoms with Crippen LogP contribution in [0.15, 0.2) is 24.5 Å². The number of aliphatic hydroxyl groups excluding tert-OH is 1. The van der Waals surface area contributed by atoms with Gasteiger partial charge in [-0.2, -0.15) is 0 Å². The van der Waals surface area contributed by atoms with Crippen LogP contribution >= 0.6 is 0 Å². The number of hydrogen-bond acceptors (Lipinski definition) is 3. The third kappa shape index (κ3) is 4.53. The zero-order valence-corrected chi connectivity index (χ0v) is 10.6. The number of hydrogen-bond donors (Lipinski definition) is 2. The van der Waals surface area contributed by atoms with Crippen LogP contribution in [0.4, 0.5) is 0 Å². The lowest BCUT2D eigenvalue weighted by Gasteiger charge is -2.25. The minimum atomic E-state index is -0.420. The van der Waals surface area contributed by atoms with Crippen LogP contribution in [0, 0.1) is 5.41 Å². The number of aromatic nitrogens is 1. The highest BCUT2D eigenvalue weighted by molar-refractivity contribution is 5.93. The molecule has 1 atom stereocenters. The monoisotopic (exact) mass is 236 g/mol. The summed E-state index contributed by atoms with van der Waals surface area (Å²) < 4.78 is 0. The van der Waals surface area contributed by atoms with Crippen molar-refractivity contribution in [2.45, 2.75) is 33.3 Å². The van der Waals surface area contributed by atoms with Crippen LogP contribution in [0.2, 0.25) is 0 Å². The van der Waals surface area contributed by atoms with E-state index in [1.165, 1.54) is 6.20 Å². The van der Waals surface area contributed by atoms with Gasteiger partial charge in [-0.1, -0.05) is 20.8 Å². The van der Waals surface area contributed by atoms with Crippen molar-refractivity contribution in [2.24, 2.45) is 5.41 Å². The molecule has 2 N–H and O–H groups in total. The lowest BCUT2D eigenvalue weighted by molar-refractivity contribution is 0.0551. The molecule has 1 aromatic heterocycles. The van der Waals surface area contributed by atoms with E-state index in [2.05, 4.69) is 10.3 Å². The first-order valence-corrected chi connectivity index (χ1v) is 5.77. The molecule has 0 saturated carbocycles. The number of carbonyl (C=O) groups excluding carboxylic acids is 1. The molecular weight excluding hydrogens is 216 g/mol. The maximum Gasteiger partial charge on any atom is 0.252 e. The summed E-state index contributed by atoms with van der Waals surface area (Å²) in [6.07, 6.45) is 3.28. The summed E-state index contributed by atoms with van der Waals surface area (Å²) in [6.45, 7) is 6.38. The molecule has 0 fully saturated rings. The highest BCUT2D eigenvalue weighted by Gasteiger charge is 2.21. The molecule has 0 spiro atoms. The minimum Gasteiger partial charge on any atom is -0.393 e. The third-order valence-electron chi connectivity index (χ3n) is 2.63. The smallest absolute Gasteiger partial charge is 0.252 e. The van der Waals surface area contributed by atoms with Crippen molar-refractivity contribution in [3.8, 4) is 0 Å². The van der Waals surface area contributed by atoms with E-state index in [4.69, 9.17) is 0 Å². The molecule has 0 aromatic carbocycles. The van der Waals surface area contributed by atoms with E-state index >= 15 is 0 Å². The predicted molar refractivity (Wildman–Crippen MR) is 66.6 cm³/mol. The SMILES string of the molecule is CC(C)(C)C(O)CCNC(=O)c1cccnc1. The second-order valence-electron chi connectivity index (χ2n) is 5.17. The Morgan fingerprint density at radius 3 is 2.76 bits per heavy atom. The molecule has 0 aliphatic heterocycles. The van der Waals surface area contributed by atoms with Gasteiger partial charge in [-0.25, -0.2) is 0 Å². The summed E-state index contributed by atoms with van der Waals surface area (Å²) in [7, 11) is 0. The summed E-state index contributed by atoms with van der Waals surface area (Å²) in [5.41, 5.74) is 0.386. The average Bonchev–Trinajstić information content (AvgIpc) is 2.28. The molecule has 0 aliphatic rings. The van der Waals surface area contributed by atoms with Crippen LogP contribution in [0.5, 0.6) is 0 Å². The van der Waals surface area contributed by atoms with Gasteiger partial charge >= 0.3 is 0 Å². The zero-order valence-electron chi connectivity index (χ0n) is 10.6. The Labute approximate surface area is 102 Å². The zero-order chi connectivity index (χ0) is 12.9. The maximum atomic E-state index is 11.6. The molecule has 0 saturated heterocycles. The summed E-state index contributed by atoms with van der Waals surface area (Å²) in [6, 6.07) is 3.43. The van der Waals surface area contributed by atoms with Crippen molar-refractivity contribution in [1.82, 2.24) is 10.3 Å². The van der Waals surface area contributed by atoms with Gasteiger partial charge in [0.2, 0.25) is 0 Å². The van der Waals surface area contributed by atoms with E-state index in [0.29, 0.717) is 18.5 Å². The molecule has 0 bridgehead atoms.